The van der Waals surface area contributed by atoms with Crippen molar-refractivity contribution in [2.75, 3.05) is 6.61 Å². The van der Waals surface area contributed by atoms with E-state index in [1.54, 1.807) is 0 Å². The SMILES string of the molecule is c1ccc(OCCCn2c(COc3cccc4ccccc34)nc3ccccc32)cc1. The van der Waals surface area contributed by atoms with E-state index < -0.39 is 0 Å². The summed E-state index contributed by atoms with van der Waals surface area (Å²) in [6, 6.07) is 32.6. The molecule has 154 valence electrons. The number of aromatic nitrogens is 2. The molecule has 5 rings (SSSR count). The first kappa shape index (κ1) is 19.2. The molecule has 0 N–H and O–H groups in total. The zero-order valence-corrected chi connectivity index (χ0v) is 17.3. The van der Waals surface area contributed by atoms with Gasteiger partial charge >= 0.3 is 0 Å². The van der Waals surface area contributed by atoms with Crippen molar-refractivity contribution in [3.8, 4) is 11.5 Å². The highest BCUT2D eigenvalue weighted by atomic mass is 16.5. The number of para-hydroxylation sites is 3. The lowest BCUT2D eigenvalue weighted by atomic mass is 10.1. The monoisotopic (exact) mass is 408 g/mol. The number of nitrogens with zero attached hydrogens (tertiary/aromatic N) is 2. The normalized spacial score (nSPS) is 11.1. The average Bonchev–Trinajstić information content (AvgIpc) is 3.18. The van der Waals surface area contributed by atoms with Gasteiger partial charge in [0.05, 0.1) is 17.6 Å². The van der Waals surface area contributed by atoms with Gasteiger partial charge in [-0.2, -0.15) is 0 Å². The topological polar surface area (TPSA) is 36.3 Å². The van der Waals surface area contributed by atoms with Crippen LogP contribution >= 0.6 is 0 Å². The fourth-order valence-corrected chi connectivity index (χ4v) is 3.88. The van der Waals surface area contributed by atoms with Crippen molar-refractivity contribution in [1.82, 2.24) is 9.55 Å². The molecule has 0 unspecified atom stereocenters. The molecule has 4 aromatic carbocycles. The highest BCUT2D eigenvalue weighted by Gasteiger charge is 2.12. The molecule has 4 heteroatoms. The molecule has 5 aromatic rings. The molecule has 0 saturated carbocycles. The molecule has 0 spiro atoms. The molecular formula is C27H24N2O2. The second-order valence-corrected chi connectivity index (χ2v) is 7.45. The number of rotatable bonds is 8. The molecule has 0 aliphatic heterocycles. The molecule has 0 radical (unpaired) electrons. The molecule has 0 bridgehead atoms. The number of fused-ring (bicyclic) bond motifs is 2. The Hall–Kier alpha value is -3.79. The number of benzene rings is 4. The van der Waals surface area contributed by atoms with Crippen LogP contribution in [0.3, 0.4) is 0 Å². The lowest BCUT2D eigenvalue weighted by molar-refractivity contribution is 0.282. The first-order valence-electron chi connectivity index (χ1n) is 10.6. The Balaban J connectivity index is 1.33. The van der Waals surface area contributed by atoms with Crippen molar-refractivity contribution < 1.29 is 9.47 Å². The maximum absolute atomic E-state index is 6.24. The van der Waals surface area contributed by atoms with E-state index in [1.165, 1.54) is 5.39 Å². The maximum atomic E-state index is 6.24. The average molecular weight is 409 g/mol. The minimum absolute atomic E-state index is 0.419. The molecule has 0 atom stereocenters. The zero-order valence-electron chi connectivity index (χ0n) is 17.3. The molecule has 1 aromatic heterocycles. The van der Waals surface area contributed by atoms with Gasteiger partial charge in [-0.25, -0.2) is 4.98 Å². The Labute approximate surface area is 181 Å². The number of hydrogen-bond acceptors (Lipinski definition) is 3. The summed E-state index contributed by atoms with van der Waals surface area (Å²) in [6.45, 7) is 1.89. The Morgan fingerprint density at radius 2 is 1.48 bits per heavy atom. The third-order valence-electron chi connectivity index (χ3n) is 5.38. The molecule has 1 heterocycles. The van der Waals surface area contributed by atoms with Crippen molar-refractivity contribution in [2.24, 2.45) is 0 Å². The Kier molecular flexibility index (Phi) is 5.52. The van der Waals surface area contributed by atoms with Crippen LogP contribution in [-0.2, 0) is 13.2 Å². The molecular weight excluding hydrogens is 384 g/mol. The van der Waals surface area contributed by atoms with Gasteiger partial charge in [0.25, 0.3) is 0 Å². The highest BCUT2D eigenvalue weighted by Crippen LogP contribution is 2.26. The van der Waals surface area contributed by atoms with Crippen LogP contribution in [0.1, 0.15) is 12.2 Å². The summed E-state index contributed by atoms with van der Waals surface area (Å²) in [5.74, 6) is 2.70. The second-order valence-electron chi connectivity index (χ2n) is 7.45. The molecule has 0 saturated heterocycles. The minimum atomic E-state index is 0.419. The van der Waals surface area contributed by atoms with Crippen molar-refractivity contribution in [2.45, 2.75) is 19.6 Å². The van der Waals surface area contributed by atoms with Crippen molar-refractivity contribution in [3.05, 3.63) is 103 Å². The van der Waals surface area contributed by atoms with Gasteiger partial charge in [-0.1, -0.05) is 66.7 Å². The summed E-state index contributed by atoms with van der Waals surface area (Å²) in [6.07, 6.45) is 0.885. The van der Waals surface area contributed by atoms with Crippen LogP contribution in [0.4, 0.5) is 0 Å². The van der Waals surface area contributed by atoms with Gasteiger partial charge in [-0.15, -0.1) is 0 Å². The van der Waals surface area contributed by atoms with E-state index in [1.807, 2.05) is 66.7 Å². The van der Waals surface area contributed by atoms with E-state index in [-0.39, 0.29) is 0 Å². The third-order valence-corrected chi connectivity index (χ3v) is 5.38. The van der Waals surface area contributed by atoms with Crippen LogP contribution in [0.15, 0.2) is 97.1 Å². The number of ether oxygens (including phenoxy) is 2. The number of hydrogen-bond donors (Lipinski definition) is 0. The lowest BCUT2D eigenvalue weighted by Gasteiger charge is -2.12. The van der Waals surface area contributed by atoms with Gasteiger partial charge in [-0.3, -0.25) is 0 Å². The van der Waals surface area contributed by atoms with Gasteiger partial charge in [-0.05, 0) is 42.1 Å². The van der Waals surface area contributed by atoms with Gasteiger partial charge in [0, 0.05) is 11.9 Å². The number of aryl methyl sites for hydroxylation is 1. The standard InChI is InChI=1S/C27H24N2O2/c1-2-12-22(13-3-1)30-19-9-18-29-25-16-7-6-15-24(25)28-27(29)20-31-26-17-8-11-21-10-4-5-14-23(21)26/h1-8,10-17H,9,18-20H2. The predicted molar refractivity (Wildman–Crippen MR) is 125 cm³/mol. The van der Waals surface area contributed by atoms with Gasteiger partial charge in [0.1, 0.15) is 23.9 Å². The van der Waals surface area contributed by atoms with Crippen LogP contribution in [0.5, 0.6) is 11.5 Å². The Bertz CT molecular complexity index is 1290. The van der Waals surface area contributed by atoms with E-state index in [4.69, 9.17) is 14.5 Å². The van der Waals surface area contributed by atoms with Crippen LogP contribution in [0, 0.1) is 0 Å². The van der Waals surface area contributed by atoms with Gasteiger partial charge in [0.2, 0.25) is 0 Å². The predicted octanol–water partition coefficient (Wildman–Crippen LogP) is 6.24. The number of imidazole rings is 1. The molecule has 0 amide bonds. The van der Waals surface area contributed by atoms with E-state index in [0.717, 1.165) is 46.7 Å². The zero-order chi connectivity index (χ0) is 20.9. The minimum Gasteiger partial charge on any atom is -0.494 e. The first-order valence-corrected chi connectivity index (χ1v) is 10.6. The second kappa shape index (κ2) is 8.92. The molecule has 0 aliphatic rings. The Morgan fingerprint density at radius 3 is 2.42 bits per heavy atom. The van der Waals surface area contributed by atoms with E-state index in [9.17, 15) is 0 Å². The van der Waals surface area contributed by atoms with Crippen molar-refractivity contribution in [3.63, 3.8) is 0 Å². The summed E-state index contributed by atoms with van der Waals surface area (Å²) in [5.41, 5.74) is 2.11. The van der Waals surface area contributed by atoms with E-state index >= 15 is 0 Å². The first-order chi connectivity index (χ1) is 15.4. The third kappa shape index (κ3) is 4.24. The van der Waals surface area contributed by atoms with E-state index in [0.29, 0.717) is 13.2 Å². The maximum Gasteiger partial charge on any atom is 0.148 e. The van der Waals surface area contributed by atoms with E-state index in [2.05, 4.69) is 34.9 Å². The van der Waals surface area contributed by atoms with Gasteiger partial charge in [0.15, 0.2) is 0 Å². The summed E-state index contributed by atoms with van der Waals surface area (Å²) in [5, 5.41) is 2.29. The summed E-state index contributed by atoms with van der Waals surface area (Å²) in [7, 11) is 0. The smallest absolute Gasteiger partial charge is 0.148 e. The van der Waals surface area contributed by atoms with Crippen LogP contribution < -0.4 is 9.47 Å². The van der Waals surface area contributed by atoms with Crippen molar-refractivity contribution >= 4 is 21.8 Å². The van der Waals surface area contributed by atoms with Gasteiger partial charge < -0.3 is 14.0 Å². The fraction of sp³-hybridized carbons (Fsp3) is 0.148. The molecule has 0 aliphatic carbocycles. The highest BCUT2D eigenvalue weighted by molar-refractivity contribution is 5.88. The van der Waals surface area contributed by atoms with Crippen LogP contribution in [0.25, 0.3) is 21.8 Å². The lowest BCUT2D eigenvalue weighted by Crippen LogP contribution is -2.10. The largest absolute Gasteiger partial charge is 0.494 e. The van der Waals surface area contributed by atoms with Crippen LogP contribution in [0.2, 0.25) is 0 Å². The summed E-state index contributed by atoms with van der Waals surface area (Å²) < 4.78 is 14.4. The quantitative estimate of drug-likeness (QED) is 0.285. The summed E-state index contributed by atoms with van der Waals surface area (Å²) >= 11 is 0. The van der Waals surface area contributed by atoms with Crippen molar-refractivity contribution in [1.29, 1.82) is 0 Å². The summed E-state index contributed by atoms with van der Waals surface area (Å²) in [4.78, 5) is 4.84. The molecule has 0 fully saturated rings. The molecule has 4 nitrogen and oxygen atoms in total. The van der Waals surface area contributed by atoms with Crippen LogP contribution in [-0.4, -0.2) is 16.2 Å². The Morgan fingerprint density at radius 1 is 0.710 bits per heavy atom. The molecule has 31 heavy (non-hydrogen) atoms. The fourth-order valence-electron chi connectivity index (χ4n) is 3.88.